The minimum Gasteiger partial charge on any atom is -0.497 e. The van der Waals surface area contributed by atoms with Crippen LogP contribution in [0.2, 0.25) is 0 Å². The van der Waals surface area contributed by atoms with Gasteiger partial charge in [0.15, 0.2) is 0 Å². The lowest BCUT2D eigenvalue weighted by molar-refractivity contribution is -0.126. The lowest BCUT2D eigenvalue weighted by Crippen LogP contribution is -2.42. The van der Waals surface area contributed by atoms with Gasteiger partial charge in [-0.3, -0.25) is 4.79 Å². The van der Waals surface area contributed by atoms with Gasteiger partial charge in [-0.05, 0) is 86.3 Å². The quantitative estimate of drug-likeness (QED) is 0.297. The van der Waals surface area contributed by atoms with Crippen molar-refractivity contribution < 1.29 is 28.5 Å². The molecule has 0 radical (unpaired) electrons. The first kappa shape index (κ1) is 31.6. The fraction of sp³-hybridized carbons (Fsp3) is 0.629. The molecule has 236 valence electrons. The Hall–Kier alpha value is -2.81. The number of nitrogens with one attached hydrogen (secondary N) is 1. The Morgan fingerprint density at radius 1 is 1.05 bits per heavy atom. The highest BCUT2D eigenvalue weighted by molar-refractivity contribution is 5.78. The van der Waals surface area contributed by atoms with Gasteiger partial charge in [0.1, 0.15) is 18.1 Å². The molecule has 4 atom stereocenters. The number of rotatable bonds is 13. The van der Waals surface area contributed by atoms with E-state index in [0.717, 1.165) is 101 Å². The first-order chi connectivity index (χ1) is 21.0. The number of amides is 1. The Morgan fingerprint density at radius 2 is 1.86 bits per heavy atom. The molecule has 8 nitrogen and oxygen atoms in total. The largest absolute Gasteiger partial charge is 0.497 e. The summed E-state index contributed by atoms with van der Waals surface area (Å²) < 4.78 is 28.8. The van der Waals surface area contributed by atoms with Crippen molar-refractivity contribution in [3.63, 3.8) is 0 Å². The van der Waals surface area contributed by atoms with Crippen LogP contribution in [0.15, 0.2) is 42.5 Å². The Bertz CT molecular complexity index is 1150. The zero-order chi connectivity index (χ0) is 30.0. The Balaban J connectivity index is 1.23. The van der Waals surface area contributed by atoms with Gasteiger partial charge in [-0.25, -0.2) is 0 Å². The van der Waals surface area contributed by atoms with Crippen molar-refractivity contribution in [3.05, 3.63) is 53.6 Å². The maximum absolute atomic E-state index is 13.0. The third-order valence-corrected chi connectivity index (χ3v) is 9.36. The summed E-state index contributed by atoms with van der Waals surface area (Å²) in [6.07, 6.45) is 6.87. The number of anilines is 1. The van der Waals surface area contributed by atoms with Gasteiger partial charge in [0.05, 0.1) is 32.1 Å². The van der Waals surface area contributed by atoms with Crippen LogP contribution in [0.4, 0.5) is 5.69 Å². The number of benzene rings is 2. The molecule has 2 heterocycles. The summed E-state index contributed by atoms with van der Waals surface area (Å²) in [5.74, 6) is 2.72. The van der Waals surface area contributed by atoms with Crippen molar-refractivity contribution in [1.29, 1.82) is 0 Å². The fourth-order valence-electron chi connectivity index (χ4n) is 6.88. The van der Waals surface area contributed by atoms with Crippen LogP contribution in [0.5, 0.6) is 11.5 Å². The van der Waals surface area contributed by atoms with Crippen LogP contribution < -0.4 is 19.7 Å². The third kappa shape index (κ3) is 8.64. The van der Waals surface area contributed by atoms with Crippen LogP contribution in [-0.4, -0.2) is 71.8 Å². The zero-order valence-corrected chi connectivity index (χ0v) is 26.2. The molecule has 0 bridgehead atoms. The summed E-state index contributed by atoms with van der Waals surface area (Å²) in [5, 5.41) is 3.27. The summed E-state index contributed by atoms with van der Waals surface area (Å²) in [7, 11) is 3.45. The second-order valence-electron chi connectivity index (χ2n) is 12.4. The van der Waals surface area contributed by atoms with E-state index >= 15 is 0 Å². The van der Waals surface area contributed by atoms with E-state index in [9.17, 15) is 4.79 Å². The second kappa shape index (κ2) is 15.8. The summed E-state index contributed by atoms with van der Waals surface area (Å²) >= 11 is 0. The maximum Gasteiger partial charge on any atom is 0.223 e. The van der Waals surface area contributed by atoms with E-state index in [1.807, 2.05) is 12.1 Å². The molecule has 0 aromatic heterocycles. The van der Waals surface area contributed by atoms with Crippen LogP contribution in [0.1, 0.15) is 68.9 Å². The van der Waals surface area contributed by atoms with Gasteiger partial charge >= 0.3 is 0 Å². The van der Waals surface area contributed by atoms with E-state index in [1.165, 1.54) is 5.56 Å². The molecular weight excluding hydrogens is 544 g/mol. The molecule has 1 saturated heterocycles. The smallest absolute Gasteiger partial charge is 0.223 e. The summed E-state index contributed by atoms with van der Waals surface area (Å²) in [5.41, 5.74) is 3.58. The van der Waals surface area contributed by atoms with E-state index in [1.54, 1.807) is 14.2 Å². The molecule has 2 fully saturated rings. The van der Waals surface area contributed by atoms with E-state index in [-0.39, 0.29) is 29.9 Å². The average Bonchev–Trinajstić information content (AvgIpc) is 3.04. The highest BCUT2D eigenvalue weighted by Crippen LogP contribution is 2.42. The van der Waals surface area contributed by atoms with Crippen molar-refractivity contribution in [2.75, 3.05) is 58.6 Å². The fourth-order valence-corrected chi connectivity index (χ4v) is 6.88. The Kier molecular flexibility index (Phi) is 11.6. The number of hydrogen-bond acceptors (Lipinski definition) is 7. The van der Waals surface area contributed by atoms with E-state index in [4.69, 9.17) is 23.7 Å². The molecule has 1 saturated carbocycles. The molecule has 2 aromatic carbocycles. The number of hydrogen-bond donors (Lipinski definition) is 1. The van der Waals surface area contributed by atoms with Crippen LogP contribution in [0.25, 0.3) is 0 Å². The van der Waals surface area contributed by atoms with E-state index in [0.29, 0.717) is 19.1 Å². The van der Waals surface area contributed by atoms with Crippen molar-refractivity contribution in [2.24, 2.45) is 11.8 Å². The van der Waals surface area contributed by atoms with Crippen molar-refractivity contribution in [1.82, 2.24) is 5.32 Å². The first-order valence-electron chi connectivity index (χ1n) is 16.2. The topological polar surface area (TPSA) is 78.5 Å². The number of nitrogens with zero attached hydrogens (tertiary/aromatic N) is 1. The van der Waals surface area contributed by atoms with Gasteiger partial charge in [-0.1, -0.05) is 25.1 Å². The Labute approximate surface area is 257 Å². The average molecular weight is 595 g/mol. The van der Waals surface area contributed by atoms with Crippen LogP contribution in [0, 0.1) is 11.8 Å². The molecule has 1 N–H and O–H groups in total. The van der Waals surface area contributed by atoms with Gasteiger partial charge in [-0.2, -0.15) is 0 Å². The van der Waals surface area contributed by atoms with Crippen molar-refractivity contribution >= 4 is 11.6 Å². The normalized spacial score (nSPS) is 23.2. The van der Waals surface area contributed by atoms with Crippen molar-refractivity contribution in [2.45, 2.75) is 76.5 Å². The molecule has 0 spiro atoms. The maximum atomic E-state index is 13.0. The number of fused-ring (bicyclic) bond motifs is 1. The molecular formula is C35H50N2O6. The van der Waals surface area contributed by atoms with Gasteiger partial charge in [0, 0.05) is 51.4 Å². The van der Waals surface area contributed by atoms with Crippen molar-refractivity contribution in [3.8, 4) is 11.5 Å². The number of carbonyl (C=O) groups excluding carboxylic acids is 1. The molecule has 5 rings (SSSR count). The van der Waals surface area contributed by atoms with Crippen LogP contribution in [-0.2, 0) is 25.6 Å². The van der Waals surface area contributed by atoms with Gasteiger partial charge < -0.3 is 33.9 Å². The summed E-state index contributed by atoms with van der Waals surface area (Å²) in [4.78, 5) is 15.4. The van der Waals surface area contributed by atoms with Gasteiger partial charge in [0.25, 0.3) is 0 Å². The lowest BCUT2D eigenvalue weighted by atomic mass is 9.73. The minimum atomic E-state index is -0.00798. The lowest BCUT2D eigenvalue weighted by Gasteiger charge is -2.37. The zero-order valence-electron chi connectivity index (χ0n) is 26.2. The molecule has 1 unspecified atom stereocenters. The van der Waals surface area contributed by atoms with E-state index < -0.39 is 0 Å². The number of methoxy groups -OCH3 is 2. The highest BCUT2D eigenvalue weighted by Gasteiger charge is 2.34. The van der Waals surface area contributed by atoms with Crippen LogP contribution in [0.3, 0.4) is 0 Å². The molecule has 2 aromatic rings. The molecule has 43 heavy (non-hydrogen) atoms. The summed E-state index contributed by atoms with van der Waals surface area (Å²) in [6, 6.07) is 15.1. The van der Waals surface area contributed by atoms with Gasteiger partial charge in [0.2, 0.25) is 5.91 Å². The Morgan fingerprint density at radius 3 is 2.63 bits per heavy atom. The molecule has 8 heteroatoms. The minimum absolute atomic E-state index is 0.00798. The van der Waals surface area contributed by atoms with Crippen LogP contribution >= 0.6 is 0 Å². The number of ether oxygens (including phenoxy) is 5. The van der Waals surface area contributed by atoms with Gasteiger partial charge in [-0.15, -0.1) is 0 Å². The monoisotopic (exact) mass is 594 g/mol. The highest BCUT2D eigenvalue weighted by atomic mass is 16.5. The predicted octanol–water partition coefficient (Wildman–Crippen LogP) is 5.72. The summed E-state index contributed by atoms with van der Waals surface area (Å²) in [6.45, 7) is 7.41. The second-order valence-corrected chi connectivity index (χ2v) is 12.4. The predicted molar refractivity (Wildman–Crippen MR) is 168 cm³/mol. The SMILES string of the molecule is COCCCN1CCOc2ccc(CO[C@H]3CC[C@@H](CC(C)C(=O)NC4CCOCC4)C[C@@H]3c3ccc(OC)cc3)cc21. The third-order valence-electron chi connectivity index (χ3n) is 9.36. The molecule has 1 aliphatic carbocycles. The standard InChI is InChI=1S/C35H50N2O6/c1-25(35(38)36-29-13-18-41-19-14-29)21-26-5-11-33(31(22-26)28-7-9-30(40-3)10-8-28)43-24-27-6-12-34-32(23-27)37(16-20-42-34)15-4-17-39-2/h6-10,12,23,25-26,29,31,33H,4-5,11,13-22,24H2,1-3H3,(H,36,38)/t25?,26-,31+,33-/m0/s1. The van der Waals surface area contributed by atoms with E-state index in [2.05, 4.69) is 47.5 Å². The molecule has 2 aliphatic heterocycles. The molecule has 1 amide bonds. The first-order valence-corrected chi connectivity index (χ1v) is 16.2. The number of carbonyl (C=O) groups is 1. The molecule has 3 aliphatic rings.